The van der Waals surface area contributed by atoms with Gasteiger partial charge in [0.25, 0.3) is 0 Å². The van der Waals surface area contributed by atoms with E-state index in [4.69, 9.17) is 4.74 Å². The highest BCUT2D eigenvalue weighted by atomic mass is 32.2. The third-order valence-corrected chi connectivity index (χ3v) is 3.44. The minimum atomic E-state index is -0.189. The van der Waals surface area contributed by atoms with Crippen LogP contribution in [0.2, 0.25) is 0 Å². The van der Waals surface area contributed by atoms with E-state index >= 15 is 0 Å². The van der Waals surface area contributed by atoms with Crippen LogP contribution >= 0.6 is 11.8 Å². The predicted octanol–water partition coefficient (Wildman–Crippen LogP) is 1.81. The zero-order valence-electron chi connectivity index (χ0n) is 9.62. The van der Waals surface area contributed by atoms with Crippen LogP contribution < -0.4 is 5.32 Å². The molecule has 0 aromatic rings. The number of hydrogen-bond acceptors (Lipinski definition) is 3. The van der Waals surface area contributed by atoms with E-state index in [0.29, 0.717) is 0 Å². The fourth-order valence-corrected chi connectivity index (χ4v) is 2.41. The summed E-state index contributed by atoms with van der Waals surface area (Å²) in [5, 5.41) is 3.00. The van der Waals surface area contributed by atoms with Gasteiger partial charge in [-0.15, -0.1) is 0 Å². The Hall–Kier alpha value is -0.220. The lowest BCUT2D eigenvalue weighted by Gasteiger charge is -2.16. The van der Waals surface area contributed by atoms with E-state index in [1.165, 1.54) is 0 Å². The second-order valence-corrected chi connectivity index (χ2v) is 5.29. The van der Waals surface area contributed by atoms with E-state index in [1.54, 1.807) is 0 Å². The van der Waals surface area contributed by atoms with Crippen molar-refractivity contribution in [1.82, 2.24) is 5.32 Å². The minimum absolute atomic E-state index is 0.0708. The number of rotatable bonds is 6. The molecule has 4 heteroatoms. The van der Waals surface area contributed by atoms with Crippen LogP contribution in [0.15, 0.2) is 0 Å². The predicted molar refractivity (Wildman–Crippen MR) is 64.2 cm³/mol. The highest BCUT2D eigenvalue weighted by Crippen LogP contribution is 2.12. The van der Waals surface area contributed by atoms with E-state index in [1.807, 2.05) is 11.8 Å². The zero-order chi connectivity index (χ0) is 11.1. The summed E-state index contributed by atoms with van der Waals surface area (Å²) in [4.78, 5) is 11.6. The lowest BCUT2D eigenvalue weighted by Crippen LogP contribution is -2.40. The Morgan fingerprint density at radius 2 is 2.47 bits per heavy atom. The maximum absolute atomic E-state index is 11.6. The third kappa shape index (κ3) is 4.89. The second kappa shape index (κ2) is 7.12. The fourth-order valence-electron chi connectivity index (χ4n) is 1.60. The molecular weight excluding hydrogens is 210 g/mol. The van der Waals surface area contributed by atoms with Crippen LogP contribution in [0.4, 0.5) is 0 Å². The van der Waals surface area contributed by atoms with Crippen molar-refractivity contribution in [3.05, 3.63) is 0 Å². The van der Waals surface area contributed by atoms with Gasteiger partial charge in [-0.1, -0.05) is 6.92 Å². The van der Waals surface area contributed by atoms with E-state index < -0.39 is 0 Å². The topological polar surface area (TPSA) is 38.3 Å². The highest BCUT2D eigenvalue weighted by Gasteiger charge is 2.24. The van der Waals surface area contributed by atoms with Gasteiger partial charge in [-0.2, -0.15) is 11.8 Å². The molecule has 3 nitrogen and oxygen atoms in total. The van der Waals surface area contributed by atoms with Crippen LogP contribution in [0, 0.1) is 0 Å². The van der Waals surface area contributed by atoms with Gasteiger partial charge >= 0.3 is 0 Å². The molecule has 0 aliphatic carbocycles. The molecular formula is C11H21NO2S. The van der Waals surface area contributed by atoms with Crippen LogP contribution in [0.25, 0.3) is 0 Å². The van der Waals surface area contributed by atoms with Gasteiger partial charge < -0.3 is 10.1 Å². The van der Waals surface area contributed by atoms with E-state index in [2.05, 4.69) is 19.2 Å². The van der Waals surface area contributed by atoms with Gasteiger partial charge in [-0.05, 0) is 37.7 Å². The number of amides is 1. The molecule has 0 aromatic heterocycles. The molecule has 0 aromatic carbocycles. The molecule has 2 atom stereocenters. The summed E-state index contributed by atoms with van der Waals surface area (Å²) in [7, 11) is 0. The van der Waals surface area contributed by atoms with Gasteiger partial charge in [0.1, 0.15) is 6.10 Å². The number of hydrogen-bond donors (Lipinski definition) is 1. The fraction of sp³-hybridized carbons (Fsp3) is 0.909. The van der Waals surface area contributed by atoms with Gasteiger partial charge in [0, 0.05) is 12.6 Å². The summed E-state index contributed by atoms with van der Waals surface area (Å²) in [6.07, 6.45) is 2.74. The summed E-state index contributed by atoms with van der Waals surface area (Å²) < 4.78 is 5.32. The quantitative estimate of drug-likeness (QED) is 0.709. The van der Waals surface area contributed by atoms with E-state index in [-0.39, 0.29) is 18.1 Å². The molecule has 1 heterocycles. The summed E-state index contributed by atoms with van der Waals surface area (Å²) >= 11 is 1.91. The Labute approximate surface area is 96.3 Å². The monoisotopic (exact) mass is 231 g/mol. The molecule has 1 saturated heterocycles. The third-order valence-electron chi connectivity index (χ3n) is 2.51. The Kier molecular flexibility index (Phi) is 6.10. The van der Waals surface area contributed by atoms with Crippen molar-refractivity contribution in [2.24, 2.45) is 0 Å². The highest BCUT2D eigenvalue weighted by molar-refractivity contribution is 7.99. The normalized spacial score (nSPS) is 22.7. The molecule has 0 unspecified atom stereocenters. The second-order valence-electron chi connectivity index (χ2n) is 3.90. The molecule has 1 amide bonds. The van der Waals surface area contributed by atoms with Crippen molar-refractivity contribution in [2.75, 3.05) is 18.1 Å². The number of carbonyl (C=O) groups excluding carboxylic acids is 1. The Morgan fingerprint density at radius 1 is 1.67 bits per heavy atom. The zero-order valence-corrected chi connectivity index (χ0v) is 10.4. The lowest BCUT2D eigenvalue weighted by molar-refractivity contribution is -0.130. The SMILES string of the molecule is CCSCC[C@@H](C)NC(=O)[C@@H]1CCCO1. The standard InChI is InChI=1S/C11H21NO2S/c1-3-15-8-6-9(2)12-11(13)10-5-4-7-14-10/h9-10H,3-8H2,1-2H3,(H,12,13)/t9-,10+/m1/s1. The molecule has 15 heavy (non-hydrogen) atoms. The van der Waals surface area contributed by atoms with Gasteiger partial charge in [-0.3, -0.25) is 4.79 Å². The number of carbonyl (C=O) groups is 1. The minimum Gasteiger partial charge on any atom is -0.368 e. The van der Waals surface area contributed by atoms with Crippen molar-refractivity contribution in [3.63, 3.8) is 0 Å². The first-order valence-corrected chi connectivity index (χ1v) is 6.89. The molecule has 1 N–H and O–H groups in total. The molecule has 1 rings (SSSR count). The Bertz CT molecular complexity index is 193. The number of ether oxygens (including phenoxy) is 1. The van der Waals surface area contributed by atoms with Crippen LogP contribution in [0.3, 0.4) is 0 Å². The Morgan fingerprint density at radius 3 is 3.07 bits per heavy atom. The molecule has 0 radical (unpaired) electrons. The average molecular weight is 231 g/mol. The van der Waals surface area contributed by atoms with Crippen molar-refractivity contribution in [2.45, 2.75) is 45.3 Å². The smallest absolute Gasteiger partial charge is 0.249 e. The van der Waals surface area contributed by atoms with Crippen LogP contribution in [0.5, 0.6) is 0 Å². The summed E-state index contributed by atoms with van der Waals surface area (Å²) in [5.41, 5.74) is 0. The molecule has 1 aliphatic rings. The van der Waals surface area contributed by atoms with Crippen molar-refractivity contribution in [3.8, 4) is 0 Å². The van der Waals surface area contributed by atoms with Gasteiger partial charge in [-0.25, -0.2) is 0 Å². The maximum Gasteiger partial charge on any atom is 0.249 e. The van der Waals surface area contributed by atoms with Crippen LogP contribution in [-0.2, 0) is 9.53 Å². The van der Waals surface area contributed by atoms with Crippen LogP contribution in [0.1, 0.15) is 33.1 Å². The van der Waals surface area contributed by atoms with Crippen LogP contribution in [-0.4, -0.2) is 36.2 Å². The van der Waals surface area contributed by atoms with Gasteiger partial charge in [0.15, 0.2) is 0 Å². The van der Waals surface area contributed by atoms with Crippen molar-refractivity contribution < 1.29 is 9.53 Å². The van der Waals surface area contributed by atoms with Gasteiger partial charge in [0.05, 0.1) is 0 Å². The summed E-state index contributed by atoms with van der Waals surface area (Å²) in [6.45, 7) is 4.95. The first kappa shape index (κ1) is 12.8. The van der Waals surface area contributed by atoms with E-state index in [0.717, 1.165) is 37.4 Å². The molecule has 1 fully saturated rings. The summed E-state index contributed by atoms with van der Waals surface area (Å²) in [6, 6.07) is 0.265. The largest absolute Gasteiger partial charge is 0.368 e. The molecule has 0 bridgehead atoms. The van der Waals surface area contributed by atoms with E-state index in [9.17, 15) is 4.79 Å². The molecule has 1 aliphatic heterocycles. The maximum atomic E-state index is 11.6. The van der Waals surface area contributed by atoms with Crippen molar-refractivity contribution in [1.29, 1.82) is 0 Å². The first-order valence-electron chi connectivity index (χ1n) is 5.73. The summed E-state index contributed by atoms with van der Waals surface area (Å²) in [5.74, 6) is 2.33. The molecule has 88 valence electrons. The van der Waals surface area contributed by atoms with Gasteiger partial charge in [0.2, 0.25) is 5.91 Å². The average Bonchev–Trinajstić information content (AvgIpc) is 2.70. The number of thioether (sulfide) groups is 1. The molecule has 0 spiro atoms. The lowest BCUT2D eigenvalue weighted by atomic mass is 10.2. The molecule has 0 saturated carbocycles. The van der Waals surface area contributed by atoms with Crippen molar-refractivity contribution >= 4 is 17.7 Å². The Balaban J connectivity index is 2.13. The first-order chi connectivity index (χ1) is 7.24. The number of nitrogens with one attached hydrogen (secondary N) is 1.